The summed E-state index contributed by atoms with van der Waals surface area (Å²) >= 11 is 6.05. The van der Waals surface area contributed by atoms with E-state index in [-0.39, 0.29) is 40.6 Å². The number of phenolic OH excluding ortho intramolecular Hbond substituents is 1. The lowest BCUT2D eigenvalue weighted by Crippen LogP contribution is -2.48. The van der Waals surface area contributed by atoms with Gasteiger partial charge in [0.15, 0.2) is 0 Å². The van der Waals surface area contributed by atoms with Crippen LogP contribution in [0.5, 0.6) is 11.5 Å². The molecular weight excluding hydrogens is 631 g/mol. The number of halogens is 2. The molecule has 3 aromatic rings. The maximum Gasteiger partial charge on any atom is 0.335 e. The quantitative estimate of drug-likeness (QED) is 0.277. The van der Waals surface area contributed by atoms with E-state index in [4.69, 9.17) is 16.3 Å². The number of nitrogens with zero attached hydrogens (tertiary/aromatic N) is 2. The van der Waals surface area contributed by atoms with Crippen molar-refractivity contribution in [2.24, 2.45) is 29.1 Å². The number of phenols is 1. The van der Waals surface area contributed by atoms with Gasteiger partial charge in [-0.3, -0.25) is 24.1 Å². The molecule has 0 bridgehead atoms. The first-order valence-corrected chi connectivity index (χ1v) is 15.4. The average Bonchev–Trinajstić information content (AvgIpc) is 3.42. The van der Waals surface area contributed by atoms with E-state index < -0.39 is 70.4 Å². The standard InChI is InChI=1S/C35H28ClFN2O8/c1-35-24(31(42)39(34(35)46)18-6-10-26(37)25(36)13-18)15-22-20(29(35)23-14-19(47-2)7-11-27(23)40)8-9-21-28(22)32(43)38(30(21)41)17-5-3-4-16(12-17)33(44)45/h3-8,10-14,21-22,24,28-29,40H,9,15H2,1-2H3,(H,44,45). The Balaban J connectivity index is 1.38. The number of amides is 4. The molecule has 0 radical (unpaired) electrons. The highest BCUT2D eigenvalue weighted by Crippen LogP contribution is 2.64. The Morgan fingerprint density at radius 3 is 2.40 bits per heavy atom. The molecule has 3 aromatic carbocycles. The smallest absolute Gasteiger partial charge is 0.335 e. The Hall–Kier alpha value is -5.03. The van der Waals surface area contributed by atoms with Crippen LogP contribution in [0.2, 0.25) is 5.02 Å². The van der Waals surface area contributed by atoms with Crippen LogP contribution in [-0.2, 0) is 19.2 Å². The molecule has 3 fully saturated rings. The van der Waals surface area contributed by atoms with E-state index in [2.05, 4.69) is 0 Å². The number of hydrogen-bond donors (Lipinski definition) is 2. The minimum Gasteiger partial charge on any atom is -0.508 e. The number of carbonyl (C=O) groups excluding carboxylic acids is 4. The molecule has 240 valence electrons. The molecule has 4 amide bonds. The summed E-state index contributed by atoms with van der Waals surface area (Å²) in [6.45, 7) is 1.65. The second-order valence-electron chi connectivity index (χ2n) is 12.6. The highest BCUT2D eigenvalue weighted by Gasteiger charge is 2.68. The van der Waals surface area contributed by atoms with Gasteiger partial charge in [-0.15, -0.1) is 0 Å². The van der Waals surface area contributed by atoms with Gasteiger partial charge in [0.2, 0.25) is 23.6 Å². The molecule has 0 aromatic heterocycles. The third kappa shape index (κ3) is 4.32. The number of anilines is 2. The highest BCUT2D eigenvalue weighted by atomic mass is 35.5. The van der Waals surface area contributed by atoms with Crippen LogP contribution >= 0.6 is 11.6 Å². The van der Waals surface area contributed by atoms with Crippen molar-refractivity contribution in [2.45, 2.75) is 25.7 Å². The molecule has 47 heavy (non-hydrogen) atoms. The predicted octanol–water partition coefficient (Wildman–Crippen LogP) is 5.33. The van der Waals surface area contributed by atoms with Crippen LogP contribution in [-0.4, -0.2) is 46.9 Å². The zero-order valence-corrected chi connectivity index (χ0v) is 25.9. The Labute approximate surface area is 273 Å². The summed E-state index contributed by atoms with van der Waals surface area (Å²) in [5.74, 6) is -8.14. The lowest BCUT2D eigenvalue weighted by Gasteiger charge is -2.49. The zero-order valence-electron chi connectivity index (χ0n) is 25.1. The third-order valence-electron chi connectivity index (χ3n) is 10.3. The number of rotatable bonds is 5. The van der Waals surface area contributed by atoms with Crippen molar-refractivity contribution < 1.29 is 43.3 Å². The lowest BCUT2D eigenvalue weighted by molar-refractivity contribution is -0.131. The predicted molar refractivity (Wildman–Crippen MR) is 167 cm³/mol. The third-order valence-corrected chi connectivity index (χ3v) is 10.6. The first-order chi connectivity index (χ1) is 22.4. The summed E-state index contributed by atoms with van der Waals surface area (Å²) < 4.78 is 19.5. The molecule has 2 saturated heterocycles. The number of fused-ring (bicyclic) bond motifs is 4. The van der Waals surface area contributed by atoms with Gasteiger partial charge in [0.25, 0.3) is 0 Å². The number of aromatic carboxylic acids is 1. The van der Waals surface area contributed by atoms with Crippen LogP contribution in [0.15, 0.2) is 72.3 Å². The van der Waals surface area contributed by atoms with Crippen molar-refractivity contribution >= 4 is 52.6 Å². The Kier molecular flexibility index (Phi) is 7.01. The molecule has 2 N–H and O–H groups in total. The second kappa shape index (κ2) is 10.8. The molecule has 12 heteroatoms. The SMILES string of the molecule is COc1ccc(O)c(C2C3=CCC4C(=O)N(c5cccc(C(=O)O)c5)C(=O)C4C3CC3C(=O)N(c4ccc(F)c(Cl)c4)C(=O)C32C)c1. The molecule has 1 saturated carbocycles. The zero-order chi connectivity index (χ0) is 33.5. The van der Waals surface area contributed by atoms with Gasteiger partial charge in [-0.25, -0.2) is 14.1 Å². The molecule has 2 aliphatic heterocycles. The molecule has 4 aliphatic rings. The van der Waals surface area contributed by atoms with Gasteiger partial charge in [-0.05, 0) is 80.3 Å². The van der Waals surface area contributed by atoms with Crippen LogP contribution in [0.4, 0.5) is 15.8 Å². The maximum atomic E-state index is 14.5. The van der Waals surface area contributed by atoms with Crippen LogP contribution < -0.4 is 14.5 Å². The molecular formula is C35H28ClFN2O8. The van der Waals surface area contributed by atoms with E-state index in [1.54, 1.807) is 19.1 Å². The number of methoxy groups -OCH3 is 1. The second-order valence-corrected chi connectivity index (χ2v) is 13.0. The van der Waals surface area contributed by atoms with Crippen molar-refractivity contribution in [2.75, 3.05) is 16.9 Å². The fourth-order valence-electron chi connectivity index (χ4n) is 8.15. The van der Waals surface area contributed by atoms with Crippen LogP contribution in [0, 0.1) is 34.9 Å². The first kappa shape index (κ1) is 30.6. The topological polar surface area (TPSA) is 142 Å². The van der Waals surface area contributed by atoms with Gasteiger partial charge in [0, 0.05) is 11.5 Å². The molecule has 6 atom stereocenters. The number of benzene rings is 3. The Morgan fingerprint density at radius 1 is 0.957 bits per heavy atom. The summed E-state index contributed by atoms with van der Waals surface area (Å²) in [5, 5.41) is 20.5. The number of hydrogen-bond acceptors (Lipinski definition) is 7. The van der Waals surface area contributed by atoms with Crippen molar-refractivity contribution in [1.29, 1.82) is 0 Å². The maximum absolute atomic E-state index is 14.5. The Bertz CT molecular complexity index is 1960. The fourth-order valence-corrected chi connectivity index (χ4v) is 8.33. The van der Waals surface area contributed by atoms with Crippen molar-refractivity contribution in [3.8, 4) is 11.5 Å². The van der Waals surface area contributed by atoms with Gasteiger partial charge < -0.3 is 14.9 Å². The summed E-state index contributed by atoms with van der Waals surface area (Å²) in [5.41, 5.74) is -0.384. The fraction of sp³-hybridized carbons (Fsp3) is 0.286. The molecule has 10 nitrogen and oxygen atoms in total. The van der Waals surface area contributed by atoms with Crippen molar-refractivity contribution in [1.82, 2.24) is 0 Å². The Morgan fingerprint density at radius 2 is 1.70 bits per heavy atom. The monoisotopic (exact) mass is 658 g/mol. The largest absolute Gasteiger partial charge is 0.508 e. The minimum atomic E-state index is -1.46. The van der Waals surface area contributed by atoms with E-state index in [1.807, 2.05) is 6.08 Å². The lowest BCUT2D eigenvalue weighted by atomic mass is 9.51. The summed E-state index contributed by atoms with van der Waals surface area (Å²) in [6, 6.07) is 13.7. The van der Waals surface area contributed by atoms with Crippen LogP contribution in [0.1, 0.15) is 41.6 Å². The van der Waals surface area contributed by atoms with Gasteiger partial charge in [0.1, 0.15) is 17.3 Å². The first-order valence-electron chi connectivity index (χ1n) is 15.0. The van der Waals surface area contributed by atoms with E-state index in [0.29, 0.717) is 16.9 Å². The van der Waals surface area contributed by atoms with E-state index >= 15 is 0 Å². The van der Waals surface area contributed by atoms with E-state index in [9.17, 15) is 38.6 Å². The number of allylic oxidation sites excluding steroid dienone is 2. The van der Waals surface area contributed by atoms with Crippen molar-refractivity contribution in [3.63, 3.8) is 0 Å². The van der Waals surface area contributed by atoms with Crippen LogP contribution in [0.25, 0.3) is 0 Å². The number of aromatic hydroxyl groups is 1. The van der Waals surface area contributed by atoms with Crippen LogP contribution in [0.3, 0.4) is 0 Å². The van der Waals surface area contributed by atoms with E-state index in [1.165, 1.54) is 49.6 Å². The number of imide groups is 2. The molecule has 7 rings (SSSR count). The van der Waals surface area contributed by atoms with Gasteiger partial charge in [0.05, 0.1) is 52.2 Å². The normalized spacial score (nSPS) is 28.2. The van der Waals surface area contributed by atoms with Gasteiger partial charge >= 0.3 is 5.97 Å². The molecule has 2 heterocycles. The molecule has 0 spiro atoms. The summed E-state index contributed by atoms with van der Waals surface area (Å²) in [4.78, 5) is 70.5. The number of carboxylic acids is 1. The molecule has 2 aliphatic carbocycles. The van der Waals surface area contributed by atoms with Gasteiger partial charge in [-0.1, -0.05) is 29.3 Å². The van der Waals surface area contributed by atoms with Crippen molar-refractivity contribution in [3.05, 3.63) is 94.3 Å². The highest BCUT2D eigenvalue weighted by molar-refractivity contribution is 6.32. The average molecular weight is 659 g/mol. The summed E-state index contributed by atoms with van der Waals surface area (Å²) in [6.07, 6.45) is 2.02. The minimum absolute atomic E-state index is 0.0444. The number of carbonyl (C=O) groups is 5. The number of carboxylic acid groups (broad SMARTS) is 1. The molecule has 6 unspecified atom stereocenters. The number of ether oxygens (including phenoxy) is 1. The van der Waals surface area contributed by atoms with Gasteiger partial charge in [-0.2, -0.15) is 0 Å². The van der Waals surface area contributed by atoms with E-state index in [0.717, 1.165) is 15.9 Å². The summed E-state index contributed by atoms with van der Waals surface area (Å²) in [7, 11) is 1.45.